The molecule has 0 aromatic heterocycles. The molecule has 0 saturated heterocycles. The predicted molar refractivity (Wildman–Crippen MR) is 81.7 cm³/mol. The minimum Gasteiger partial charge on any atom is -0.335 e. The SMILES string of the molecule is O=C(N/C=C/c1cccc(Br)c1)NC1CCCCC1. The topological polar surface area (TPSA) is 41.1 Å². The lowest BCUT2D eigenvalue weighted by Gasteiger charge is -2.22. The average Bonchev–Trinajstić information content (AvgIpc) is 2.40. The first-order chi connectivity index (χ1) is 9.24. The summed E-state index contributed by atoms with van der Waals surface area (Å²) in [6.07, 6.45) is 9.50. The van der Waals surface area contributed by atoms with Gasteiger partial charge in [-0.2, -0.15) is 0 Å². The second-order valence-corrected chi connectivity index (χ2v) is 5.76. The molecule has 0 heterocycles. The molecule has 2 amide bonds. The van der Waals surface area contributed by atoms with Gasteiger partial charge in [-0.05, 0) is 36.6 Å². The molecule has 19 heavy (non-hydrogen) atoms. The summed E-state index contributed by atoms with van der Waals surface area (Å²) >= 11 is 3.42. The third-order valence-electron chi connectivity index (χ3n) is 3.28. The first-order valence-electron chi connectivity index (χ1n) is 6.73. The van der Waals surface area contributed by atoms with E-state index in [-0.39, 0.29) is 6.03 Å². The minimum atomic E-state index is -0.113. The van der Waals surface area contributed by atoms with Crippen molar-refractivity contribution in [2.24, 2.45) is 0 Å². The van der Waals surface area contributed by atoms with Crippen LogP contribution in [0.25, 0.3) is 6.08 Å². The number of nitrogens with one attached hydrogen (secondary N) is 2. The van der Waals surface area contributed by atoms with E-state index >= 15 is 0 Å². The molecular formula is C15H19BrN2O. The Labute approximate surface area is 122 Å². The second kappa shape index (κ2) is 7.34. The molecule has 1 aliphatic carbocycles. The van der Waals surface area contributed by atoms with Crippen LogP contribution >= 0.6 is 15.9 Å². The Balaban J connectivity index is 1.76. The van der Waals surface area contributed by atoms with Crippen molar-refractivity contribution in [3.05, 3.63) is 40.5 Å². The van der Waals surface area contributed by atoms with E-state index in [9.17, 15) is 4.79 Å². The summed E-state index contributed by atoms with van der Waals surface area (Å²) in [5.41, 5.74) is 1.05. The lowest BCUT2D eigenvalue weighted by Crippen LogP contribution is -2.40. The monoisotopic (exact) mass is 322 g/mol. The number of urea groups is 1. The molecule has 1 saturated carbocycles. The summed E-state index contributed by atoms with van der Waals surface area (Å²) < 4.78 is 1.03. The lowest BCUT2D eigenvalue weighted by atomic mass is 9.96. The van der Waals surface area contributed by atoms with Crippen LogP contribution in [-0.4, -0.2) is 12.1 Å². The molecule has 102 valence electrons. The molecule has 2 N–H and O–H groups in total. The van der Waals surface area contributed by atoms with Crippen LogP contribution in [0.3, 0.4) is 0 Å². The van der Waals surface area contributed by atoms with Gasteiger partial charge < -0.3 is 10.6 Å². The van der Waals surface area contributed by atoms with Gasteiger partial charge in [-0.3, -0.25) is 0 Å². The third-order valence-corrected chi connectivity index (χ3v) is 3.77. The highest BCUT2D eigenvalue weighted by Gasteiger charge is 2.14. The zero-order valence-corrected chi connectivity index (χ0v) is 12.4. The normalized spacial score (nSPS) is 16.5. The fourth-order valence-corrected chi connectivity index (χ4v) is 2.71. The first kappa shape index (κ1) is 14.1. The molecule has 3 nitrogen and oxygen atoms in total. The number of hydrogen-bond donors (Lipinski definition) is 2. The van der Waals surface area contributed by atoms with Crippen LogP contribution in [0.2, 0.25) is 0 Å². The van der Waals surface area contributed by atoms with Gasteiger partial charge in [0.1, 0.15) is 0 Å². The summed E-state index contributed by atoms with van der Waals surface area (Å²) in [6, 6.07) is 8.15. The van der Waals surface area contributed by atoms with E-state index in [0.29, 0.717) is 6.04 Å². The quantitative estimate of drug-likeness (QED) is 0.865. The molecule has 0 atom stereocenters. The Morgan fingerprint density at radius 3 is 2.79 bits per heavy atom. The smallest absolute Gasteiger partial charge is 0.318 e. The van der Waals surface area contributed by atoms with Gasteiger partial charge in [-0.15, -0.1) is 0 Å². The zero-order chi connectivity index (χ0) is 13.5. The van der Waals surface area contributed by atoms with Gasteiger partial charge in [0, 0.05) is 16.7 Å². The molecule has 1 fully saturated rings. The number of carbonyl (C=O) groups excluding carboxylic acids is 1. The molecule has 1 aromatic carbocycles. The summed E-state index contributed by atoms with van der Waals surface area (Å²) in [4.78, 5) is 11.7. The molecule has 2 rings (SSSR count). The standard InChI is InChI=1S/C15H19BrN2O/c16-13-6-4-5-12(11-13)9-10-17-15(19)18-14-7-2-1-3-8-14/h4-6,9-11,14H,1-3,7-8H2,(H2,17,18,19)/b10-9+. The molecule has 0 bridgehead atoms. The van der Waals surface area contributed by atoms with E-state index in [4.69, 9.17) is 0 Å². The van der Waals surface area contributed by atoms with Gasteiger partial charge in [0.2, 0.25) is 0 Å². The van der Waals surface area contributed by atoms with E-state index in [1.165, 1.54) is 19.3 Å². The number of halogens is 1. The van der Waals surface area contributed by atoms with Crippen molar-refractivity contribution < 1.29 is 4.79 Å². The first-order valence-corrected chi connectivity index (χ1v) is 7.52. The van der Waals surface area contributed by atoms with Crippen molar-refractivity contribution in [3.8, 4) is 0 Å². The highest BCUT2D eigenvalue weighted by molar-refractivity contribution is 9.10. The van der Waals surface area contributed by atoms with E-state index < -0.39 is 0 Å². The van der Waals surface area contributed by atoms with E-state index in [2.05, 4.69) is 26.6 Å². The highest BCUT2D eigenvalue weighted by atomic mass is 79.9. The summed E-state index contributed by atoms with van der Waals surface area (Å²) in [5, 5.41) is 5.76. The van der Waals surface area contributed by atoms with Crippen molar-refractivity contribution in [2.75, 3.05) is 0 Å². The Kier molecular flexibility index (Phi) is 5.45. The van der Waals surface area contributed by atoms with Crippen LogP contribution in [0.5, 0.6) is 0 Å². The Bertz CT molecular complexity index is 453. The van der Waals surface area contributed by atoms with Crippen molar-refractivity contribution >= 4 is 28.0 Å². The summed E-state index contributed by atoms with van der Waals surface area (Å²) in [7, 11) is 0. The maximum Gasteiger partial charge on any atom is 0.318 e. The number of rotatable bonds is 3. The van der Waals surface area contributed by atoms with Crippen molar-refractivity contribution in [1.29, 1.82) is 0 Å². The van der Waals surface area contributed by atoms with Crippen LogP contribution in [0, 0.1) is 0 Å². The summed E-state index contributed by atoms with van der Waals surface area (Å²) in [6.45, 7) is 0. The van der Waals surface area contributed by atoms with Gasteiger partial charge >= 0.3 is 6.03 Å². The molecule has 0 unspecified atom stereocenters. The fourth-order valence-electron chi connectivity index (χ4n) is 2.30. The molecule has 1 aliphatic rings. The number of benzene rings is 1. The zero-order valence-electron chi connectivity index (χ0n) is 10.9. The van der Waals surface area contributed by atoms with Crippen LogP contribution in [0.4, 0.5) is 4.79 Å². The Morgan fingerprint density at radius 1 is 1.26 bits per heavy atom. The van der Waals surface area contributed by atoms with Crippen molar-refractivity contribution in [3.63, 3.8) is 0 Å². The van der Waals surface area contributed by atoms with Crippen molar-refractivity contribution in [2.45, 2.75) is 38.1 Å². The highest BCUT2D eigenvalue weighted by Crippen LogP contribution is 2.17. The van der Waals surface area contributed by atoms with Gasteiger partial charge in [-0.25, -0.2) is 4.79 Å². The van der Waals surface area contributed by atoms with Crippen molar-refractivity contribution in [1.82, 2.24) is 10.6 Å². The Morgan fingerprint density at radius 2 is 2.05 bits per heavy atom. The van der Waals surface area contributed by atoms with Gasteiger partial charge in [0.05, 0.1) is 0 Å². The molecule has 0 radical (unpaired) electrons. The maximum atomic E-state index is 11.7. The van der Waals surface area contributed by atoms with Crippen LogP contribution in [0.1, 0.15) is 37.7 Å². The van der Waals surface area contributed by atoms with Crippen LogP contribution in [0.15, 0.2) is 34.9 Å². The Hall–Kier alpha value is -1.29. The minimum absolute atomic E-state index is 0.113. The molecule has 4 heteroatoms. The molecule has 0 spiro atoms. The van der Waals surface area contributed by atoms with E-state index in [1.807, 2.05) is 30.3 Å². The second-order valence-electron chi connectivity index (χ2n) is 4.84. The van der Waals surface area contributed by atoms with Crippen LogP contribution in [-0.2, 0) is 0 Å². The van der Waals surface area contributed by atoms with E-state index in [1.54, 1.807) is 6.20 Å². The maximum absolute atomic E-state index is 11.7. The molecule has 0 aliphatic heterocycles. The predicted octanol–water partition coefficient (Wildman–Crippen LogP) is 4.05. The largest absolute Gasteiger partial charge is 0.335 e. The molecule has 1 aromatic rings. The summed E-state index contributed by atoms with van der Waals surface area (Å²) in [5.74, 6) is 0. The molecular weight excluding hydrogens is 304 g/mol. The van der Waals surface area contributed by atoms with Gasteiger partial charge in [0.25, 0.3) is 0 Å². The van der Waals surface area contributed by atoms with Gasteiger partial charge in [0.15, 0.2) is 0 Å². The number of hydrogen-bond acceptors (Lipinski definition) is 1. The number of amides is 2. The average molecular weight is 323 g/mol. The van der Waals surface area contributed by atoms with Crippen LogP contribution < -0.4 is 10.6 Å². The number of carbonyl (C=O) groups is 1. The lowest BCUT2D eigenvalue weighted by molar-refractivity contribution is 0.236. The van der Waals surface area contributed by atoms with E-state index in [0.717, 1.165) is 22.9 Å². The fraction of sp³-hybridized carbons (Fsp3) is 0.400. The van der Waals surface area contributed by atoms with Gasteiger partial charge in [-0.1, -0.05) is 47.3 Å². The third kappa shape index (κ3) is 5.07.